The van der Waals surface area contributed by atoms with E-state index in [1.807, 2.05) is 0 Å². The van der Waals surface area contributed by atoms with E-state index < -0.39 is 11.9 Å². The van der Waals surface area contributed by atoms with Crippen LogP contribution in [0.3, 0.4) is 0 Å². The first-order valence-corrected chi connectivity index (χ1v) is 7.64. The molecule has 2 aromatic carbocycles. The average molecular weight is 379 g/mol. The maximum absolute atomic E-state index is 12.1. The molecule has 6 heteroatoms. The van der Waals surface area contributed by atoms with Crippen LogP contribution in [0.1, 0.15) is 20.7 Å². The normalized spacial score (nSPS) is 10.2. The van der Waals surface area contributed by atoms with Gasteiger partial charge in [-0.2, -0.15) is 0 Å². The number of rotatable bonds is 6. The zero-order valence-corrected chi connectivity index (χ0v) is 14.0. The van der Waals surface area contributed by atoms with Crippen molar-refractivity contribution in [1.29, 1.82) is 0 Å². The summed E-state index contributed by atoms with van der Waals surface area (Å²) in [5.74, 6) is -0.741. The summed E-state index contributed by atoms with van der Waals surface area (Å²) in [4.78, 5) is 24.0. The number of ether oxygens (including phenoxy) is 3. The van der Waals surface area contributed by atoms with Gasteiger partial charge in [0.15, 0.2) is 0 Å². The van der Waals surface area contributed by atoms with Crippen molar-refractivity contribution in [3.63, 3.8) is 0 Å². The Morgan fingerprint density at radius 2 is 1.78 bits per heavy atom. The lowest BCUT2D eigenvalue weighted by atomic mass is 10.2. The average Bonchev–Trinajstić information content (AvgIpc) is 2.55. The zero-order valence-electron chi connectivity index (χ0n) is 12.5. The van der Waals surface area contributed by atoms with Gasteiger partial charge in [0.25, 0.3) is 0 Å². The molecule has 0 aliphatic rings. The first-order valence-electron chi connectivity index (χ1n) is 6.84. The van der Waals surface area contributed by atoms with Crippen molar-refractivity contribution in [3.05, 3.63) is 64.1 Å². The number of benzene rings is 2. The summed E-state index contributed by atoms with van der Waals surface area (Å²) in [6, 6.07) is 13.2. The van der Waals surface area contributed by atoms with Gasteiger partial charge in [-0.15, -0.1) is 0 Å². The van der Waals surface area contributed by atoms with E-state index in [9.17, 15) is 9.59 Å². The molecule has 0 aliphatic heterocycles. The van der Waals surface area contributed by atoms with Crippen molar-refractivity contribution in [2.75, 3.05) is 20.3 Å². The SMILES string of the molecule is COCCOC(=O)c1cccc(OC(=O)c2ccccc2Br)c1. The largest absolute Gasteiger partial charge is 0.460 e. The van der Waals surface area contributed by atoms with Crippen LogP contribution < -0.4 is 4.74 Å². The molecule has 0 bridgehead atoms. The van der Waals surface area contributed by atoms with E-state index in [0.717, 1.165) is 0 Å². The summed E-state index contributed by atoms with van der Waals surface area (Å²) in [5, 5.41) is 0. The fraction of sp³-hybridized carbons (Fsp3) is 0.176. The lowest BCUT2D eigenvalue weighted by Gasteiger charge is -2.08. The highest BCUT2D eigenvalue weighted by atomic mass is 79.9. The predicted octanol–water partition coefficient (Wildman–Crippen LogP) is 3.47. The molecule has 0 fully saturated rings. The molecule has 0 aliphatic carbocycles. The molecule has 0 saturated heterocycles. The fourth-order valence-corrected chi connectivity index (χ4v) is 2.22. The summed E-state index contributed by atoms with van der Waals surface area (Å²) in [6.07, 6.45) is 0. The monoisotopic (exact) mass is 378 g/mol. The van der Waals surface area contributed by atoms with E-state index in [1.165, 1.54) is 13.2 Å². The van der Waals surface area contributed by atoms with Crippen LogP contribution in [0, 0.1) is 0 Å². The molecule has 0 unspecified atom stereocenters. The smallest absolute Gasteiger partial charge is 0.344 e. The third-order valence-corrected chi connectivity index (χ3v) is 3.59. The molecule has 0 atom stereocenters. The van der Waals surface area contributed by atoms with Gasteiger partial charge < -0.3 is 14.2 Å². The van der Waals surface area contributed by atoms with Crippen LogP contribution in [0.25, 0.3) is 0 Å². The number of methoxy groups -OCH3 is 1. The summed E-state index contributed by atoms with van der Waals surface area (Å²) in [7, 11) is 1.52. The van der Waals surface area contributed by atoms with Gasteiger partial charge in [-0.3, -0.25) is 0 Å². The Labute approximate surface area is 142 Å². The number of hydrogen-bond donors (Lipinski definition) is 0. The highest BCUT2D eigenvalue weighted by molar-refractivity contribution is 9.10. The molecular weight excluding hydrogens is 364 g/mol. The fourth-order valence-electron chi connectivity index (χ4n) is 1.78. The molecule has 2 aromatic rings. The van der Waals surface area contributed by atoms with Gasteiger partial charge in [0.1, 0.15) is 12.4 Å². The maximum Gasteiger partial charge on any atom is 0.344 e. The van der Waals surface area contributed by atoms with Crippen molar-refractivity contribution >= 4 is 27.9 Å². The summed E-state index contributed by atoms with van der Waals surface area (Å²) in [5.41, 5.74) is 0.708. The first-order chi connectivity index (χ1) is 11.1. The van der Waals surface area contributed by atoms with Crippen LogP contribution in [-0.4, -0.2) is 32.3 Å². The lowest BCUT2D eigenvalue weighted by Crippen LogP contribution is -2.11. The van der Waals surface area contributed by atoms with Gasteiger partial charge in [0.2, 0.25) is 0 Å². The molecule has 120 valence electrons. The molecule has 0 saturated carbocycles. The number of hydrogen-bond acceptors (Lipinski definition) is 5. The van der Waals surface area contributed by atoms with E-state index >= 15 is 0 Å². The van der Waals surface area contributed by atoms with E-state index in [-0.39, 0.29) is 12.4 Å². The van der Waals surface area contributed by atoms with Gasteiger partial charge in [-0.1, -0.05) is 18.2 Å². The Bertz CT molecular complexity index is 699. The minimum atomic E-state index is -0.512. The van der Waals surface area contributed by atoms with Crippen molar-refractivity contribution in [2.24, 2.45) is 0 Å². The number of esters is 2. The number of carbonyl (C=O) groups excluding carboxylic acids is 2. The molecule has 2 rings (SSSR count). The lowest BCUT2D eigenvalue weighted by molar-refractivity contribution is 0.0387. The van der Waals surface area contributed by atoms with Crippen molar-refractivity contribution in [2.45, 2.75) is 0 Å². The Balaban J connectivity index is 2.07. The van der Waals surface area contributed by atoms with Crippen LogP contribution in [0.5, 0.6) is 5.75 Å². The Morgan fingerprint density at radius 3 is 2.52 bits per heavy atom. The second-order valence-corrected chi connectivity index (χ2v) is 5.38. The van der Waals surface area contributed by atoms with E-state index in [1.54, 1.807) is 42.5 Å². The highest BCUT2D eigenvalue weighted by Gasteiger charge is 2.14. The van der Waals surface area contributed by atoms with Crippen LogP contribution in [0.15, 0.2) is 53.0 Å². The summed E-state index contributed by atoms with van der Waals surface area (Å²) >= 11 is 3.30. The molecule has 0 amide bonds. The number of carbonyl (C=O) groups is 2. The summed E-state index contributed by atoms with van der Waals surface area (Å²) in [6.45, 7) is 0.485. The molecule has 0 aromatic heterocycles. The third kappa shape index (κ3) is 4.91. The highest BCUT2D eigenvalue weighted by Crippen LogP contribution is 2.20. The van der Waals surface area contributed by atoms with Gasteiger partial charge in [-0.05, 0) is 46.3 Å². The minimum absolute atomic E-state index is 0.163. The van der Waals surface area contributed by atoms with E-state index in [0.29, 0.717) is 22.2 Å². The maximum atomic E-state index is 12.1. The molecule has 0 radical (unpaired) electrons. The van der Waals surface area contributed by atoms with Gasteiger partial charge in [0, 0.05) is 11.6 Å². The minimum Gasteiger partial charge on any atom is -0.460 e. The second-order valence-electron chi connectivity index (χ2n) is 4.53. The Hall–Kier alpha value is -2.18. The van der Waals surface area contributed by atoms with Gasteiger partial charge in [-0.25, -0.2) is 9.59 Å². The second kappa shape index (κ2) is 8.45. The van der Waals surface area contributed by atoms with Crippen molar-refractivity contribution < 1.29 is 23.8 Å². The number of halogens is 1. The standard InChI is InChI=1S/C17H15BrO5/c1-21-9-10-22-16(19)12-5-4-6-13(11-12)23-17(20)14-7-2-3-8-15(14)18/h2-8,11H,9-10H2,1H3. The van der Waals surface area contributed by atoms with Crippen molar-refractivity contribution in [1.82, 2.24) is 0 Å². The molecular formula is C17H15BrO5. The topological polar surface area (TPSA) is 61.8 Å². The van der Waals surface area contributed by atoms with Gasteiger partial charge >= 0.3 is 11.9 Å². The van der Waals surface area contributed by atoms with Crippen LogP contribution in [0.2, 0.25) is 0 Å². The van der Waals surface area contributed by atoms with Crippen LogP contribution in [0.4, 0.5) is 0 Å². The van der Waals surface area contributed by atoms with Gasteiger partial charge in [0.05, 0.1) is 17.7 Å². The zero-order chi connectivity index (χ0) is 16.7. The molecule has 0 N–H and O–H groups in total. The summed E-state index contributed by atoms with van der Waals surface area (Å²) < 4.78 is 15.8. The molecule has 0 spiro atoms. The van der Waals surface area contributed by atoms with Crippen LogP contribution >= 0.6 is 15.9 Å². The predicted molar refractivity (Wildman–Crippen MR) is 87.7 cm³/mol. The van der Waals surface area contributed by atoms with E-state index in [4.69, 9.17) is 14.2 Å². The molecule has 5 nitrogen and oxygen atoms in total. The van der Waals surface area contributed by atoms with Crippen molar-refractivity contribution in [3.8, 4) is 5.75 Å². The molecule has 23 heavy (non-hydrogen) atoms. The van der Waals surface area contributed by atoms with E-state index in [2.05, 4.69) is 15.9 Å². The molecule has 0 heterocycles. The van der Waals surface area contributed by atoms with Crippen LogP contribution in [-0.2, 0) is 9.47 Å². The first kappa shape index (κ1) is 17.2. The quantitative estimate of drug-likeness (QED) is 0.437. The Kier molecular flexibility index (Phi) is 6.31. The third-order valence-electron chi connectivity index (χ3n) is 2.89. The Morgan fingerprint density at radius 1 is 1.00 bits per heavy atom.